The van der Waals surface area contributed by atoms with Crippen LogP contribution in [0.25, 0.3) is 0 Å². The van der Waals surface area contributed by atoms with Crippen molar-refractivity contribution >= 4 is 15.9 Å². The summed E-state index contributed by atoms with van der Waals surface area (Å²) in [7, 11) is -3.68. The Morgan fingerprint density at radius 2 is 2.05 bits per heavy atom. The standard InChI is InChI=1S/C14H18FN3O3S/c15-14(13(19)17-11-3-4-11)5-8-18(9-6-14)22(20,21)12-2-1-7-16-10-12/h1-2,7,10-11H,3-6,8-9H2,(H,17,19). The van der Waals surface area contributed by atoms with Crippen molar-refractivity contribution in [2.24, 2.45) is 0 Å². The molecule has 1 aromatic rings. The number of carbonyl (C=O) groups excluding carboxylic acids is 1. The fourth-order valence-electron chi connectivity index (χ4n) is 2.50. The molecule has 0 unspecified atom stereocenters. The van der Waals surface area contributed by atoms with Gasteiger partial charge in [-0.1, -0.05) is 0 Å². The largest absolute Gasteiger partial charge is 0.351 e. The second-order valence-corrected chi connectivity index (χ2v) is 7.74. The summed E-state index contributed by atoms with van der Waals surface area (Å²) in [5, 5.41) is 2.66. The summed E-state index contributed by atoms with van der Waals surface area (Å²) >= 11 is 0. The van der Waals surface area contributed by atoms with Crippen LogP contribution in [0.4, 0.5) is 4.39 Å². The van der Waals surface area contributed by atoms with Gasteiger partial charge in [0.15, 0.2) is 5.67 Å². The molecular weight excluding hydrogens is 309 g/mol. The smallest absolute Gasteiger partial charge is 0.257 e. The Hall–Kier alpha value is -1.54. The summed E-state index contributed by atoms with van der Waals surface area (Å²) < 4.78 is 40.7. The first-order valence-corrected chi connectivity index (χ1v) is 8.76. The van der Waals surface area contributed by atoms with Crippen molar-refractivity contribution < 1.29 is 17.6 Å². The van der Waals surface area contributed by atoms with E-state index in [-0.39, 0.29) is 36.9 Å². The van der Waals surface area contributed by atoms with Crippen LogP contribution in [0.5, 0.6) is 0 Å². The fourth-order valence-corrected chi connectivity index (χ4v) is 3.91. The van der Waals surface area contributed by atoms with Crippen molar-refractivity contribution in [1.82, 2.24) is 14.6 Å². The van der Waals surface area contributed by atoms with Gasteiger partial charge in [-0.15, -0.1) is 0 Å². The third kappa shape index (κ3) is 2.98. The fraction of sp³-hybridized carbons (Fsp3) is 0.571. The summed E-state index contributed by atoms with van der Waals surface area (Å²) in [6.45, 7) is -0.0162. The third-order valence-electron chi connectivity index (χ3n) is 4.11. The van der Waals surface area contributed by atoms with Crippen LogP contribution in [0.1, 0.15) is 25.7 Å². The normalized spacial score (nSPS) is 22.2. The molecular formula is C14H18FN3O3S. The van der Waals surface area contributed by atoms with Crippen molar-refractivity contribution in [2.75, 3.05) is 13.1 Å². The van der Waals surface area contributed by atoms with Crippen LogP contribution in [-0.2, 0) is 14.8 Å². The van der Waals surface area contributed by atoms with Gasteiger partial charge in [-0.2, -0.15) is 4.31 Å². The number of pyridine rings is 1. The van der Waals surface area contributed by atoms with Crippen LogP contribution in [0.2, 0.25) is 0 Å². The van der Waals surface area contributed by atoms with E-state index in [1.54, 1.807) is 6.07 Å². The van der Waals surface area contributed by atoms with Crippen molar-refractivity contribution in [1.29, 1.82) is 0 Å². The van der Waals surface area contributed by atoms with Gasteiger partial charge in [0.05, 0.1) is 0 Å². The highest BCUT2D eigenvalue weighted by Gasteiger charge is 2.45. The maximum absolute atomic E-state index is 14.7. The molecule has 8 heteroatoms. The van der Waals surface area contributed by atoms with Crippen LogP contribution < -0.4 is 5.32 Å². The number of alkyl halides is 1. The Morgan fingerprint density at radius 3 is 2.59 bits per heavy atom. The molecule has 0 atom stereocenters. The lowest BCUT2D eigenvalue weighted by Crippen LogP contribution is -2.52. The molecule has 2 fully saturated rings. The van der Waals surface area contributed by atoms with E-state index in [2.05, 4.69) is 10.3 Å². The van der Waals surface area contributed by atoms with Gasteiger partial charge in [0.25, 0.3) is 5.91 Å². The lowest BCUT2D eigenvalue weighted by Gasteiger charge is -2.34. The molecule has 0 spiro atoms. The number of hydrogen-bond acceptors (Lipinski definition) is 4. The zero-order valence-corrected chi connectivity index (χ0v) is 12.9. The first-order valence-electron chi connectivity index (χ1n) is 7.32. The second kappa shape index (κ2) is 5.58. The SMILES string of the molecule is O=C(NC1CC1)C1(F)CCN(S(=O)(=O)c2cccnc2)CC1. The molecule has 0 radical (unpaired) electrons. The Kier molecular flexibility index (Phi) is 3.90. The second-order valence-electron chi connectivity index (χ2n) is 5.81. The summed E-state index contributed by atoms with van der Waals surface area (Å²) in [5.74, 6) is -0.603. The van der Waals surface area contributed by atoms with Gasteiger partial charge in [-0.3, -0.25) is 9.78 Å². The Bertz CT molecular complexity index is 653. The number of nitrogens with one attached hydrogen (secondary N) is 1. The van der Waals surface area contributed by atoms with Crippen LogP contribution in [0, 0.1) is 0 Å². The van der Waals surface area contributed by atoms with Gasteiger partial charge in [-0.05, 0) is 25.0 Å². The van der Waals surface area contributed by atoms with E-state index in [0.717, 1.165) is 12.8 Å². The predicted molar refractivity (Wildman–Crippen MR) is 77.2 cm³/mol. The van der Waals surface area contributed by atoms with Crippen LogP contribution in [0.3, 0.4) is 0 Å². The van der Waals surface area contributed by atoms with E-state index in [4.69, 9.17) is 0 Å². The molecule has 0 aromatic carbocycles. The van der Waals surface area contributed by atoms with Crippen molar-refractivity contribution in [2.45, 2.75) is 42.3 Å². The number of nitrogens with zero attached hydrogens (tertiary/aromatic N) is 2. The molecule has 1 saturated heterocycles. The average molecular weight is 327 g/mol. The topological polar surface area (TPSA) is 79.4 Å². The zero-order chi connectivity index (χ0) is 15.8. The van der Waals surface area contributed by atoms with Gasteiger partial charge < -0.3 is 5.32 Å². The Labute approximate surface area is 128 Å². The maximum atomic E-state index is 14.7. The maximum Gasteiger partial charge on any atom is 0.257 e. The average Bonchev–Trinajstić information content (AvgIpc) is 3.32. The number of amides is 1. The number of rotatable bonds is 4. The Morgan fingerprint density at radius 1 is 1.36 bits per heavy atom. The lowest BCUT2D eigenvalue weighted by molar-refractivity contribution is -0.135. The van der Waals surface area contributed by atoms with E-state index >= 15 is 0 Å². The number of piperidine rings is 1. The van der Waals surface area contributed by atoms with Gasteiger partial charge in [0.1, 0.15) is 4.90 Å². The number of halogens is 1. The minimum atomic E-state index is -3.68. The number of hydrogen-bond donors (Lipinski definition) is 1. The molecule has 1 aromatic heterocycles. The molecule has 1 aliphatic heterocycles. The molecule has 22 heavy (non-hydrogen) atoms. The molecule has 1 saturated carbocycles. The van der Waals surface area contributed by atoms with Crippen molar-refractivity contribution in [3.8, 4) is 0 Å². The van der Waals surface area contributed by atoms with E-state index in [1.165, 1.54) is 22.8 Å². The van der Waals surface area contributed by atoms with Gasteiger partial charge in [0, 0.05) is 44.4 Å². The minimum absolute atomic E-state index is 0.00812. The highest BCUT2D eigenvalue weighted by atomic mass is 32.2. The number of sulfonamides is 1. The van der Waals surface area contributed by atoms with Gasteiger partial charge in [0.2, 0.25) is 10.0 Å². The van der Waals surface area contributed by atoms with Crippen molar-refractivity contribution in [3.63, 3.8) is 0 Å². The van der Waals surface area contributed by atoms with Crippen LogP contribution in [-0.4, -0.2) is 48.4 Å². The van der Waals surface area contributed by atoms with Gasteiger partial charge >= 0.3 is 0 Å². The zero-order valence-electron chi connectivity index (χ0n) is 12.0. The molecule has 3 rings (SSSR count). The van der Waals surface area contributed by atoms with E-state index in [1.807, 2.05) is 0 Å². The molecule has 2 aliphatic rings. The molecule has 6 nitrogen and oxygen atoms in total. The quantitative estimate of drug-likeness (QED) is 0.889. The number of aromatic nitrogens is 1. The summed E-state index contributed by atoms with van der Waals surface area (Å²) in [6.07, 6.45) is 4.30. The molecule has 120 valence electrons. The summed E-state index contributed by atoms with van der Waals surface area (Å²) in [6, 6.07) is 3.09. The third-order valence-corrected chi connectivity index (χ3v) is 5.99. The van der Waals surface area contributed by atoms with E-state index in [0.29, 0.717) is 0 Å². The first kappa shape index (κ1) is 15.4. The van der Waals surface area contributed by atoms with Gasteiger partial charge in [-0.25, -0.2) is 12.8 Å². The van der Waals surface area contributed by atoms with Crippen LogP contribution >= 0.6 is 0 Å². The monoisotopic (exact) mass is 327 g/mol. The van der Waals surface area contributed by atoms with Crippen LogP contribution in [0.15, 0.2) is 29.4 Å². The van der Waals surface area contributed by atoms with E-state index < -0.39 is 21.6 Å². The molecule has 1 N–H and O–H groups in total. The summed E-state index contributed by atoms with van der Waals surface area (Å²) in [4.78, 5) is 15.8. The number of carbonyl (C=O) groups is 1. The lowest BCUT2D eigenvalue weighted by atomic mass is 9.93. The van der Waals surface area contributed by atoms with E-state index in [9.17, 15) is 17.6 Å². The highest BCUT2D eigenvalue weighted by molar-refractivity contribution is 7.89. The summed E-state index contributed by atoms with van der Waals surface area (Å²) in [5.41, 5.74) is -1.97. The first-order chi connectivity index (χ1) is 10.4. The minimum Gasteiger partial charge on any atom is -0.351 e. The molecule has 1 amide bonds. The predicted octanol–water partition coefficient (Wildman–Crippen LogP) is 0.853. The highest BCUT2D eigenvalue weighted by Crippen LogP contribution is 2.31. The molecule has 2 heterocycles. The van der Waals surface area contributed by atoms with Crippen molar-refractivity contribution in [3.05, 3.63) is 24.5 Å². The molecule has 1 aliphatic carbocycles. The molecule has 0 bridgehead atoms. The Balaban J connectivity index is 1.67.